The lowest BCUT2D eigenvalue weighted by Crippen LogP contribution is -2.40. The van der Waals surface area contributed by atoms with E-state index in [-0.39, 0.29) is 17.9 Å². The van der Waals surface area contributed by atoms with Crippen molar-refractivity contribution in [1.82, 2.24) is 19.7 Å². The lowest BCUT2D eigenvalue weighted by molar-refractivity contribution is -0.135. The summed E-state index contributed by atoms with van der Waals surface area (Å²) >= 11 is 5.26. The highest BCUT2D eigenvalue weighted by molar-refractivity contribution is 7.71. The van der Waals surface area contributed by atoms with Gasteiger partial charge in [0.1, 0.15) is 11.9 Å². The van der Waals surface area contributed by atoms with Crippen molar-refractivity contribution in [2.45, 2.75) is 52.0 Å². The first-order valence-electron chi connectivity index (χ1n) is 6.98. The highest BCUT2D eigenvalue weighted by Crippen LogP contribution is 2.20. The number of piperidine rings is 1. The van der Waals surface area contributed by atoms with Crippen molar-refractivity contribution < 1.29 is 4.79 Å². The number of nitrogens with zero attached hydrogens (tertiary/aromatic N) is 3. The van der Waals surface area contributed by atoms with E-state index in [1.54, 1.807) is 0 Å². The molecule has 1 aromatic heterocycles. The van der Waals surface area contributed by atoms with Crippen molar-refractivity contribution in [2.24, 2.45) is 0 Å². The molecule has 1 unspecified atom stereocenters. The smallest absolute Gasteiger partial charge is 0.245 e. The van der Waals surface area contributed by atoms with Crippen molar-refractivity contribution in [3.8, 4) is 0 Å². The van der Waals surface area contributed by atoms with Crippen LogP contribution >= 0.6 is 12.2 Å². The van der Waals surface area contributed by atoms with Gasteiger partial charge in [-0.1, -0.05) is 13.8 Å². The van der Waals surface area contributed by atoms with Crippen LogP contribution in [-0.2, 0) is 4.79 Å². The molecule has 6 heteroatoms. The summed E-state index contributed by atoms with van der Waals surface area (Å²) in [6, 6.07) is -0.276. The fourth-order valence-electron chi connectivity index (χ4n) is 2.59. The van der Waals surface area contributed by atoms with E-state index in [2.05, 4.69) is 24.0 Å². The Balaban J connectivity index is 2.23. The molecular formula is C13H22N4OS. The zero-order chi connectivity index (χ0) is 14.0. The van der Waals surface area contributed by atoms with Crippen LogP contribution in [0.25, 0.3) is 0 Å². The molecule has 1 atom stereocenters. The standard InChI is InChI=1S/C13H22N4OS/c1-9(2)11-14-15-13(19)17(11)10(3)12(18)16-7-5-4-6-8-16/h9-10H,4-8H2,1-3H3,(H,15,19). The van der Waals surface area contributed by atoms with Gasteiger partial charge in [0, 0.05) is 19.0 Å². The molecule has 0 spiro atoms. The molecular weight excluding hydrogens is 260 g/mol. The quantitative estimate of drug-likeness (QED) is 0.867. The third-order valence-electron chi connectivity index (χ3n) is 3.66. The highest BCUT2D eigenvalue weighted by Gasteiger charge is 2.26. The molecule has 2 rings (SSSR count). The molecule has 0 saturated carbocycles. The Bertz CT molecular complexity index is 499. The normalized spacial score (nSPS) is 17.8. The highest BCUT2D eigenvalue weighted by atomic mass is 32.1. The predicted molar refractivity (Wildman–Crippen MR) is 76.6 cm³/mol. The van der Waals surface area contributed by atoms with Gasteiger partial charge in [-0.05, 0) is 38.4 Å². The lowest BCUT2D eigenvalue weighted by atomic mass is 10.1. The van der Waals surface area contributed by atoms with Gasteiger partial charge in [-0.25, -0.2) is 0 Å². The molecule has 0 aliphatic carbocycles. The SMILES string of the molecule is CC(C)c1n[nH]c(=S)n1C(C)C(=O)N1CCCCC1. The molecule has 106 valence electrons. The number of carbonyl (C=O) groups excluding carboxylic acids is 1. The van der Waals surface area contributed by atoms with Crippen molar-refractivity contribution in [3.05, 3.63) is 10.6 Å². The second kappa shape index (κ2) is 5.86. The Morgan fingerprint density at radius 2 is 1.89 bits per heavy atom. The van der Waals surface area contributed by atoms with Gasteiger partial charge in [0.25, 0.3) is 0 Å². The number of amides is 1. The number of hydrogen-bond donors (Lipinski definition) is 1. The molecule has 2 heterocycles. The first kappa shape index (κ1) is 14.2. The van der Waals surface area contributed by atoms with Crippen molar-refractivity contribution >= 4 is 18.1 Å². The van der Waals surface area contributed by atoms with E-state index in [4.69, 9.17) is 12.2 Å². The molecule has 1 aliphatic rings. The van der Waals surface area contributed by atoms with Crippen molar-refractivity contribution in [2.75, 3.05) is 13.1 Å². The van der Waals surface area contributed by atoms with Gasteiger partial charge in [-0.15, -0.1) is 0 Å². The molecule has 19 heavy (non-hydrogen) atoms. The third kappa shape index (κ3) is 2.88. The van der Waals surface area contributed by atoms with Crippen LogP contribution in [0, 0.1) is 4.77 Å². The maximum Gasteiger partial charge on any atom is 0.245 e. The number of H-pyrrole nitrogens is 1. The maximum atomic E-state index is 12.5. The Labute approximate surface area is 119 Å². The number of hydrogen-bond acceptors (Lipinski definition) is 3. The van der Waals surface area contributed by atoms with Crippen LogP contribution in [0.2, 0.25) is 0 Å². The third-order valence-corrected chi connectivity index (χ3v) is 3.95. The summed E-state index contributed by atoms with van der Waals surface area (Å²) < 4.78 is 2.39. The first-order valence-corrected chi connectivity index (χ1v) is 7.38. The van der Waals surface area contributed by atoms with Crippen LogP contribution in [0.15, 0.2) is 0 Å². The zero-order valence-electron chi connectivity index (χ0n) is 11.8. The van der Waals surface area contributed by atoms with E-state index in [1.807, 2.05) is 16.4 Å². The summed E-state index contributed by atoms with van der Waals surface area (Å²) in [5.41, 5.74) is 0. The minimum Gasteiger partial charge on any atom is -0.341 e. The Morgan fingerprint density at radius 3 is 2.47 bits per heavy atom. The van der Waals surface area contributed by atoms with Crippen LogP contribution in [-0.4, -0.2) is 38.7 Å². The summed E-state index contributed by atoms with van der Waals surface area (Å²) in [4.78, 5) is 14.5. The van der Waals surface area contributed by atoms with Gasteiger partial charge in [-0.2, -0.15) is 5.10 Å². The van der Waals surface area contributed by atoms with Gasteiger partial charge >= 0.3 is 0 Å². The van der Waals surface area contributed by atoms with Crippen molar-refractivity contribution in [3.63, 3.8) is 0 Å². The fraction of sp³-hybridized carbons (Fsp3) is 0.769. The number of rotatable bonds is 3. The summed E-state index contributed by atoms with van der Waals surface area (Å²) in [5.74, 6) is 1.24. The van der Waals surface area contributed by atoms with E-state index in [9.17, 15) is 4.79 Å². The average molecular weight is 282 g/mol. The average Bonchev–Trinajstić information content (AvgIpc) is 2.80. The molecule has 1 saturated heterocycles. The molecule has 1 N–H and O–H groups in total. The molecule has 0 aromatic carbocycles. The van der Waals surface area contributed by atoms with Crippen molar-refractivity contribution in [1.29, 1.82) is 0 Å². The second-order valence-electron chi connectivity index (χ2n) is 5.47. The van der Waals surface area contributed by atoms with E-state index < -0.39 is 0 Å². The summed E-state index contributed by atoms with van der Waals surface area (Å²) in [7, 11) is 0. The number of likely N-dealkylation sites (tertiary alicyclic amines) is 1. The maximum absolute atomic E-state index is 12.5. The van der Waals surface area contributed by atoms with Gasteiger partial charge in [0.15, 0.2) is 4.77 Å². The molecule has 1 amide bonds. The van der Waals surface area contributed by atoms with Gasteiger partial charge in [-0.3, -0.25) is 14.5 Å². The number of carbonyl (C=O) groups is 1. The van der Waals surface area contributed by atoms with Gasteiger partial charge in [0.05, 0.1) is 0 Å². The van der Waals surface area contributed by atoms with Crippen LogP contribution in [0.5, 0.6) is 0 Å². The fourth-order valence-corrected chi connectivity index (χ4v) is 2.88. The van der Waals surface area contributed by atoms with Crippen LogP contribution in [0.4, 0.5) is 0 Å². The Kier molecular flexibility index (Phi) is 4.39. The van der Waals surface area contributed by atoms with E-state index in [0.717, 1.165) is 31.8 Å². The molecule has 1 aliphatic heterocycles. The number of aromatic nitrogens is 3. The molecule has 1 fully saturated rings. The molecule has 1 aromatic rings. The summed E-state index contributed by atoms with van der Waals surface area (Å²) in [5, 5.41) is 7.04. The molecule has 5 nitrogen and oxygen atoms in total. The zero-order valence-corrected chi connectivity index (χ0v) is 12.7. The van der Waals surface area contributed by atoms with Gasteiger partial charge < -0.3 is 4.90 Å². The number of nitrogens with one attached hydrogen (secondary N) is 1. The first-order chi connectivity index (χ1) is 9.02. The Hall–Kier alpha value is -1.17. The van der Waals surface area contributed by atoms with E-state index >= 15 is 0 Å². The molecule has 0 radical (unpaired) electrons. The molecule has 0 bridgehead atoms. The van der Waals surface area contributed by atoms with Gasteiger partial charge in [0.2, 0.25) is 5.91 Å². The second-order valence-corrected chi connectivity index (χ2v) is 5.86. The van der Waals surface area contributed by atoms with E-state index in [1.165, 1.54) is 6.42 Å². The summed E-state index contributed by atoms with van der Waals surface area (Å²) in [6.45, 7) is 7.75. The van der Waals surface area contributed by atoms with Crippen LogP contribution in [0.1, 0.15) is 57.8 Å². The predicted octanol–water partition coefficient (Wildman–Crippen LogP) is 2.64. The minimum absolute atomic E-state index is 0.152. The Morgan fingerprint density at radius 1 is 1.26 bits per heavy atom. The van der Waals surface area contributed by atoms with E-state index in [0.29, 0.717) is 4.77 Å². The topological polar surface area (TPSA) is 53.9 Å². The monoisotopic (exact) mass is 282 g/mol. The summed E-state index contributed by atoms with van der Waals surface area (Å²) in [6.07, 6.45) is 3.43. The van der Waals surface area contributed by atoms with Crippen LogP contribution in [0.3, 0.4) is 0 Å². The largest absolute Gasteiger partial charge is 0.341 e. The number of aromatic amines is 1. The minimum atomic E-state index is -0.276. The lowest BCUT2D eigenvalue weighted by Gasteiger charge is -2.30. The van der Waals surface area contributed by atoms with Crippen LogP contribution < -0.4 is 0 Å².